The molecule has 0 atom stereocenters. The van der Waals surface area contributed by atoms with E-state index in [9.17, 15) is 4.79 Å². The lowest BCUT2D eigenvalue weighted by Crippen LogP contribution is -2.11. The molecule has 2 aromatic heterocycles. The van der Waals surface area contributed by atoms with Crippen molar-refractivity contribution >= 4 is 22.9 Å². The van der Waals surface area contributed by atoms with E-state index < -0.39 is 0 Å². The summed E-state index contributed by atoms with van der Waals surface area (Å²) < 4.78 is 0. The predicted octanol–water partition coefficient (Wildman–Crippen LogP) is 3.92. The van der Waals surface area contributed by atoms with Crippen molar-refractivity contribution in [1.29, 1.82) is 0 Å². The second-order valence-electron chi connectivity index (χ2n) is 5.90. The van der Waals surface area contributed by atoms with Crippen LogP contribution in [0.2, 0.25) is 0 Å². The molecule has 0 unspecified atom stereocenters. The molecule has 3 aromatic rings. The standard InChI is InChI=1S/C17H19N5OS/c1-9(2)17-18-10(3)14(24-17)16(23)20-13-7-5-6-12(8-13)15-19-11(4)21-22-15/h5-9H,1-4H3,(H,20,23)(H,19,21,22). The minimum atomic E-state index is -0.139. The summed E-state index contributed by atoms with van der Waals surface area (Å²) in [6.45, 7) is 7.86. The van der Waals surface area contributed by atoms with Gasteiger partial charge in [0.15, 0.2) is 5.82 Å². The molecule has 0 aliphatic rings. The van der Waals surface area contributed by atoms with Gasteiger partial charge in [-0.15, -0.1) is 11.3 Å². The third-order valence-electron chi connectivity index (χ3n) is 3.49. The first-order valence-electron chi connectivity index (χ1n) is 7.72. The van der Waals surface area contributed by atoms with Crippen LogP contribution in [0.15, 0.2) is 24.3 Å². The summed E-state index contributed by atoms with van der Waals surface area (Å²) in [6.07, 6.45) is 0. The summed E-state index contributed by atoms with van der Waals surface area (Å²) in [6, 6.07) is 7.49. The van der Waals surface area contributed by atoms with Crippen LogP contribution in [0.4, 0.5) is 5.69 Å². The average molecular weight is 341 g/mol. The molecular formula is C17H19N5OS. The third-order valence-corrected chi connectivity index (χ3v) is 4.95. The highest BCUT2D eigenvalue weighted by molar-refractivity contribution is 7.14. The van der Waals surface area contributed by atoms with E-state index in [-0.39, 0.29) is 5.91 Å². The van der Waals surface area contributed by atoms with Crippen LogP contribution >= 0.6 is 11.3 Å². The molecule has 0 saturated heterocycles. The van der Waals surface area contributed by atoms with Crippen molar-refractivity contribution in [3.8, 4) is 11.4 Å². The molecule has 0 bridgehead atoms. The number of H-pyrrole nitrogens is 1. The van der Waals surface area contributed by atoms with Gasteiger partial charge in [-0.25, -0.2) is 9.97 Å². The molecule has 124 valence electrons. The number of amides is 1. The van der Waals surface area contributed by atoms with E-state index in [0.717, 1.165) is 22.1 Å². The molecule has 24 heavy (non-hydrogen) atoms. The molecule has 0 saturated carbocycles. The zero-order valence-corrected chi connectivity index (χ0v) is 14.9. The van der Waals surface area contributed by atoms with Crippen LogP contribution in [0.3, 0.4) is 0 Å². The van der Waals surface area contributed by atoms with Gasteiger partial charge in [0.05, 0.1) is 10.7 Å². The van der Waals surface area contributed by atoms with E-state index in [1.165, 1.54) is 11.3 Å². The Bertz CT molecular complexity index is 881. The lowest BCUT2D eigenvalue weighted by molar-refractivity contribution is 0.103. The van der Waals surface area contributed by atoms with E-state index in [1.54, 1.807) is 0 Å². The topological polar surface area (TPSA) is 83.6 Å². The van der Waals surface area contributed by atoms with Crippen molar-refractivity contribution in [2.75, 3.05) is 5.32 Å². The first kappa shape index (κ1) is 16.3. The molecule has 0 aliphatic heterocycles. The molecule has 0 spiro atoms. The van der Waals surface area contributed by atoms with Gasteiger partial charge < -0.3 is 5.32 Å². The number of rotatable bonds is 4. The average Bonchev–Trinajstić information content (AvgIpc) is 3.13. The van der Waals surface area contributed by atoms with Crippen LogP contribution in [-0.4, -0.2) is 26.1 Å². The molecule has 0 fully saturated rings. The number of benzene rings is 1. The van der Waals surface area contributed by atoms with Gasteiger partial charge in [0.25, 0.3) is 5.91 Å². The van der Waals surface area contributed by atoms with Crippen LogP contribution in [0.1, 0.15) is 46.0 Å². The molecule has 2 heterocycles. The maximum Gasteiger partial charge on any atom is 0.267 e. The molecule has 1 aromatic carbocycles. The minimum Gasteiger partial charge on any atom is -0.321 e. The Morgan fingerprint density at radius 2 is 2.04 bits per heavy atom. The van der Waals surface area contributed by atoms with E-state index >= 15 is 0 Å². The number of aromatic amines is 1. The Balaban J connectivity index is 1.82. The largest absolute Gasteiger partial charge is 0.321 e. The number of hydrogen-bond donors (Lipinski definition) is 2. The van der Waals surface area contributed by atoms with Gasteiger partial charge in [0.2, 0.25) is 0 Å². The fourth-order valence-electron chi connectivity index (χ4n) is 2.27. The molecule has 1 amide bonds. The summed E-state index contributed by atoms with van der Waals surface area (Å²) in [5.41, 5.74) is 2.32. The van der Waals surface area contributed by atoms with Crippen LogP contribution < -0.4 is 5.32 Å². The van der Waals surface area contributed by atoms with Crippen molar-refractivity contribution in [2.45, 2.75) is 33.6 Å². The lowest BCUT2D eigenvalue weighted by Gasteiger charge is -2.05. The van der Waals surface area contributed by atoms with Crippen molar-refractivity contribution in [1.82, 2.24) is 20.2 Å². The summed E-state index contributed by atoms with van der Waals surface area (Å²) in [7, 11) is 0. The molecule has 0 radical (unpaired) electrons. The van der Waals surface area contributed by atoms with Crippen LogP contribution in [0, 0.1) is 13.8 Å². The number of nitrogens with one attached hydrogen (secondary N) is 2. The van der Waals surface area contributed by atoms with Crippen LogP contribution in [-0.2, 0) is 0 Å². The SMILES string of the molecule is Cc1nc(-c2cccc(NC(=O)c3sc(C(C)C)nc3C)c2)n[nH]1. The zero-order valence-electron chi connectivity index (χ0n) is 14.0. The van der Waals surface area contributed by atoms with Crippen molar-refractivity contribution in [3.63, 3.8) is 0 Å². The molecule has 6 nitrogen and oxygen atoms in total. The van der Waals surface area contributed by atoms with Crippen molar-refractivity contribution in [2.24, 2.45) is 0 Å². The van der Waals surface area contributed by atoms with E-state index in [1.807, 2.05) is 38.1 Å². The first-order chi connectivity index (χ1) is 11.4. The van der Waals surface area contributed by atoms with E-state index in [0.29, 0.717) is 22.3 Å². The molecule has 0 aliphatic carbocycles. The Hall–Kier alpha value is -2.54. The lowest BCUT2D eigenvalue weighted by atomic mass is 10.2. The number of carbonyl (C=O) groups is 1. The fraction of sp³-hybridized carbons (Fsp3) is 0.294. The maximum atomic E-state index is 12.5. The van der Waals surface area contributed by atoms with Gasteiger partial charge in [0.1, 0.15) is 10.7 Å². The summed E-state index contributed by atoms with van der Waals surface area (Å²) >= 11 is 1.45. The molecular weight excluding hydrogens is 322 g/mol. The first-order valence-corrected chi connectivity index (χ1v) is 8.54. The number of nitrogens with zero attached hydrogens (tertiary/aromatic N) is 3. The quantitative estimate of drug-likeness (QED) is 0.753. The number of anilines is 1. The van der Waals surface area contributed by atoms with Gasteiger partial charge >= 0.3 is 0 Å². The predicted molar refractivity (Wildman–Crippen MR) is 95.4 cm³/mol. The summed E-state index contributed by atoms with van der Waals surface area (Å²) in [5, 5.41) is 10.9. The van der Waals surface area contributed by atoms with Gasteiger partial charge in [-0.2, -0.15) is 5.10 Å². The number of aryl methyl sites for hydroxylation is 2. The second kappa shape index (κ2) is 6.52. The number of thiazole rings is 1. The summed E-state index contributed by atoms with van der Waals surface area (Å²) in [4.78, 5) is 22.0. The highest BCUT2D eigenvalue weighted by Gasteiger charge is 2.17. The smallest absolute Gasteiger partial charge is 0.267 e. The Kier molecular flexibility index (Phi) is 4.44. The van der Waals surface area contributed by atoms with Gasteiger partial charge in [0, 0.05) is 17.2 Å². The zero-order chi connectivity index (χ0) is 17.3. The highest BCUT2D eigenvalue weighted by atomic mass is 32.1. The highest BCUT2D eigenvalue weighted by Crippen LogP contribution is 2.26. The number of carbonyl (C=O) groups excluding carboxylic acids is 1. The Morgan fingerprint density at radius 3 is 2.67 bits per heavy atom. The van der Waals surface area contributed by atoms with E-state index in [2.05, 4.69) is 39.3 Å². The second-order valence-corrected chi connectivity index (χ2v) is 6.93. The van der Waals surface area contributed by atoms with Crippen LogP contribution in [0.25, 0.3) is 11.4 Å². The van der Waals surface area contributed by atoms with Gasteiger partial charge in [-0.1, -0.05) is 26.0 Å². The number of aromatic nitrogens is 4. The maximum absolute atomic E-state index is 12.5. The van der Waals surface area contributed by atoms with Crippen molar-refractivity contribution < 1.29 is 4.79 Å². The minimum absolute atomic E-state index is 0.139. The van der Waals surface area contributed by atoms with Crippen LogP contribution in [0.5, 0.6) is 0 Å². The molecule has 2 N–H and O–H groups in total. The normalized spacial score (nSPS) is 11.0. The molecule has 7 heteroatoms. The van der Waals surface area contributed by atoms with Crippen molar-refractivity contribution in [3.05, 3.63) is 45.7 Å². The monoisotopic (exact) mass is 341 g/mol. The summed E-state index contributed by atoms with van der Waals surface area (Å²) in [5.74, 6) is 1.54. The third kappa shape index (κ3) is 3.35. The van der Waals surface area contributed by atoms with Gasteiger partial charge in [-0.3, -0.25) is 9.89 Å². The molecule has 3 rings (SSSR count). The van der Waals surface area contributed by atoms with E-state index in [4.69, 9.17) is 0 Å². The fourth-order valence-corrected chi connectivity index (χ4v) is 3.24. The Morgan fingerprint density at radius 1 is 1.25 bits per heavy atom. The number of hydrogen-bond acceptors (Lipinski definition) is 5. The van der Waals surface area contributed by atoms with Gasteiger partial charge in [-0.05, 0) is 26.0 Å². The Labute approximate surface area is 144 Å².